The van der Waals surface area contributed by atoms with Crippen LogP contribution >= 0.6 is 31.9 Å². The molecule has 0 saturated heterocycles. The Morgan fingerprint density at radius 1 is 1.24 bits per heavy atom. The standard InChI is InChI=1S/C15H12Br2FNO2/c1-21-8-11-12(16)3-2-4-14(11)19-15(20)10-7-9(18)5-6-13(10)17/h2-7H,8H2,1H3,(H,19,20). The molecule has 0 fully saturated rings. The first-order chi connectivity index (χ1) is 10.0. The maximum Gasteiger partial charge on any atom is 0.256 e. The summed E-state index contributed by atoms with van der Waals surface area (Å²) in [5.41, 5.74) is 1.67. The van der Waals surface area contributed by atoms with Crippen LogP contribution in [0.3, 0.4) is 0 Å². The molecule has 2 aromatic carbocycles. The first-order valence-corrected chi connectivity index (χ1v) is 7.64. The van der Waals surface area contributed by atoms with Crippen LogP contribution in [-0.4, -0.2) is 13.0 Å². The van der Waals surface area contributed by atoms with Crippen LogP contribution in [0.2, 0.25) is 0 Å². The largest absolute Gasteiger partial charge is 0.380 e. The lowest BCUT2D eigenvalue weighted by Gasteiger charge is -2.13. The molecule has 1 N–H and O–H groups in total. The SMILES string of the molecule is COCc1c(Br)cccc1NC(=O)c1cc(F)ccc1Br. The van der Waals surface area contributed by atoms with Gasteiger partial charge in [0, 0.05) is 27.3 Å². The monoisotopic (exact) mass is 415 g/mol. The highest BCUT2D eigenvalue weighted by atomic mass is 79.9. The van der Waals surface area contributed by atoms with Crippen molar-refractivity contribution in [2.45, 2.75) is 6.61 Å². The van der Waals surface area contributed by atoms with Crippen LogP contribution in [-0.2, 0) is 11.3 Å². The Kier molecular flexibility index (Phi) is 5.50. The number of methoxy groups -OCH3 is 1. The van der Waals surface area contributed by atoms with Crippen molar-refractivity contribution in [2.75, 3.05) is 12.4 Å². The number of amides is 1. The summed E-state index contributed by atoms with van der Waals surface area (Å²) in [6.45, 7) is 0.349. The van der Waals surface area contributed by atoms with Crippen LogP contribution in [0.1, 0.15) is 15.9 Å². The number of carbonyl (C=O) groups is 1. The second kappa shape index (κ2) is 7.15. The van der Waals surface area contributed by atoms with E-state index in [-0.39, 0.29) is 5.56 Å². The van der Waals surface area contributed by atoms with E-state index in [1.165, 1.54) is 18.2 Å². The van der Waals surface area contributed by atoms with E-state index in [9.17, 15) is 9.18 Å². The van der Waals surface area contributed by atoms with Gasteiger partial charge in [-0.25, -0.2) is 4.39 Å². The van der Waals surface area contributed by atoms with Crippen molar-refractivity contribution in [1.29, 1.82) is 0 Å². The Bertz CT molecular complexity index is 677. The minimum atomic E-state index is -0.463. The molecule has 21 heavy (non-hydrogen) atoms. The molecular formula is C15H12Br2FNO2. The Labute approximate surface area is 138 Å². The van der Waals surface area contributed by atoms with Crippen LogP contribution in [0.15, 0.2) is 45.3 Å². The van der Waals surface area contributed by atoms with Crippen LogP contribution < -0.4 is 5.32 Å². The summed E-state index contributed by atoms with van der Waals surface area (Å²) in [5, 5.41) is 2.77. The molecule has 3 nitrogen and oxygen atoms in total. The zero-order valence-electron chi connectivity index (χ0n) is 11.1. The molecule has 0 aliphatic heterocycles. The molecule has 0 heterocycles. The van der Waals surface area contributed by atoms with Crippen molar-refractivity contribution in [3.05, 3.63) is 62.3 Å². The number of anilines is 1. The highest BCUT2D eigenvalue weighted by Gasteiger charge is 2.14. The maximum absolute atomic E-state index is 13.3. The van der Waals surface area contributed by atoms with Gasteiger partial charge in [-0.3, -0.25) is 4.79 Å². The van der Waals surface area contributed by atoms with Gasteiger partial charge in [-0.2, -0.15) is 0 Å². The first-order valence-electron chi connectivity index (χ1n) is 6.05. The highest BCUT2D eigenvalue weighted by molar-refractivity contribution is 9.10. The van der Waals surface area contributed by atoms with Gasteiger partial charge in [0.25, 0.3) is 5.91 Å². The van der Waals surface area contributed by atoms with E-state index in [1.807, 2.05) is 6.07 Å². The third-order valence-electron chi connectivity index (χ3n) is 2.83. The summed E-state index contributed by atoms with van der Waals surface area (Å²) in [4.78, 5) is 12.3. The molecule has 110 valence electrons. The van der Waals surface area contributed by atoms with Gasteiger partial charge in [0.15, 0.2) is 0 Å². The molecule has 2 aromatic rings. The summed E-state index contributed by atoms with van der Waals surface area (Å²) in [6, 6.07) is 9.41. The number of hydrogen-bond acceptors (Lipinski definition) is 2. The number of nitrogens with one attached hydrogen (secondary N) is 1. The van der Waals surface area contributed by atoms with E-state index in [0.29, 0.717) is 16.8 Å². The molecular weight excluding hydrogens is 405 g/mol. The van der Waals surface area contributed by atoms with Gasteiger partial charge in [-0.15, -0.1) is 0 Å². The lowest BCUT2D eigenvalue weighted by atomic mass is 10.1. The van der Waals surface area contributed by atoms with Crippen molar-refractivity contribution in [1.82, 2.24) is 0 Å². The van der Waals surface area contributed by atoms with E-state index >= 15 is 0 Å². The molecule has 0 saturated carbocycles. The zero-order chi connectivity index (χ0) is 15.4. The number of benzene rings is 2. The highest BCUT2D eigenvalue weighted by Crippen LogP contribution is 2.27. The fraction of sp³-hybridized carbons (Fsp3) is 0.133. The van der Waals surface area contributed by atoms with Gasteiger partial charge in [0.2, 0.25) is 0 Å². The fourth-order valence-electron chi connectivity index (χ4n) is 1.83. The van der Waals surface area contributed by atoms with E-state index in [2.05, 4.69) is 37.2 Å². The number of ether oxygens (including phenoxy) is 1. The number of halogens is 3. The maximum atomic E-state index is 13.3. The number of rotatable bonds is 4. The quantitative estimate of drug-likeness (QED) is 0.780. The Hall–Kier alpha value is -1.24. The molecule has 0 atom stereocenters. The van der Waals surface area contributed by atoms with Crippen molar-refractivity contribution in [2.24, 2.45) is 0 Å². The molecule has 2 rings (SSSR count). The van der Waals surface area contributed by atoms with Gasteiger partial charge in [0.1, 0.15) is 5.82 Å². The number of hydrogen-bond donors (Lipinski definition) is 1. The molecule has 0 unspecified atom stereocenters. The second-order valence-electron chi connectivity index (χ2n) is 4.28. The Morgan fingerprint density at radius 2 is 2.00 bits per heavy atom. The third-order valence-corrected chi connectivity index (χ3v) is 4.26. The normalized spacial score (nSPS) is 10.5. The lowest BCUT2D eigenvalue weighted by molar-refractivity contribution is 0.102. The minimum absolute atomic E-state index is 0.235. The molecule has 0 spiro atoms. The predicted molar refractivity (Wildman–Crippen MR) is 86.9 cm³/mol. The van der Waals surface area contributed by atoms with E-state index in [4.69, 9.17) is 4.74 Å². The smallest absolute Gasteiger partial charge is 0.256 e. The third kappa shape index (κ3) is 3.90. The molecule has 0 radical (unpaired) electrons. The van der Waals surface area contributed by atoms with E-state index in [1.54, 1.807) is 19.2 Å². The molecule has 0 aliphatic carbocycles. The van der Waals surface area contributed by atoms with Gasteiger partial charge in [0.05, 0.1) is 12.2 Å². The Balaban J connectivity index is 2.31. The average Bonchev–Trinajstić information content (AvgIpc) is 2.45. The molecule has 0 aliphatic rings. The Morgan fingerprint density at radius 3 is 2.71 bits per heavy atom. The fourth-order valence-corrected chi connectivity index (χ4v) is 2.74. The summed E-state index contributed by atoms with van der Waals surface area (Å²) in [6.07, 6.45) is 0. The van der Waals surface area contributed by atoms with Crippen LogP contribution in [0.5, 0.6) is 0 Å². The van der Waals surface area contributed by atoms with Gasteiger partial charge >= 0.3 is 0 Å². The van der Waals surface area contributed by atoms with E-state index in [0.717, 1.165) is 10.0 Å². The topological polar surface area (TPSA) is 38.3 Å². The predicted octanol–water partition coefficient (Wildman–Crippen LogP) is 4.75. The van der Waals surface area contributed by atoms with Crippen LogP contribution in [0.4, 0.5) is 10.1 Å². The minimum Gasteiger partial charge on any atom is -0.380 e. The molecule has 0 bridgehead atoms. The van der Waals surface area contributed by atoms with Crippen molar-refractivity contribution in [3.63, 3.8) is 0 Å². The van der Waals surface area contributed by atoms with Crippen molar-refractivity contribution < 1.29 is 13.9 Å². The van der Waals surface area contributed by atoms with Gasteiger partial charge < -0.3 is 10.1 Å². The summed E-state index contributed by atoms with van der Waals surface area (Å²) >= 11 is 6.67. The van der Waals surface area contributed by atoms with Crippen molar-refractivity contribution >= 4 is 43.5 Å². The lowest BCUT2D eigenvalue weighted by Crippen LogP contribution is -2.14. The first kappa shape index (κ1) is 16.1. The van der Waals surface area contributed by atoms with Gasteiger partial charge in [-0.1, -0.05) is 22.0 Å². The average molecular weight is 417 g/mol. The summed E-state index contributed by atoms with van der Waals surface area (Å²) < 4.78 is 19.8. The number of carbonyl (C=O) groups excluding carboxylic acids is 1. The second-order valence-corrected chi connectivity index (χ2v) is 5.99. The van der Waals surface area contributed by atoms with Crippen LogP contribution in [0.25, 0.3) is 0 Å². The summed E-state index contributed by atoms with van der Waals surface area (Å²) in [5.74, 6) is -0.855. The van der Waals surface area contributed by atoms with Gasteiger partial charge in [-0.05, 0) is 46.3 Å². The molecule has 1 amide bonds. The zero-order valence-corrected chi connectivity index (χ0v) is 14.3. The van der Waals surface area contributed by atoms with E-state index < -0.39 is 11.7 Å². The van der Waals surface area contributed by atoms with Crippen molar-refractivity contribution in [3.8, 4) is 0 Å². The summed E-state index contributed by atoms with van der Waals surface area (Å²) in [7, 11) is 1.58. The van der Waals surface area contributed by atoms with Crippen LogP contribution in [0, 0.1) is 5.82 Å². The molecule has 0 aromatic heterocycles. The molecule has 6 heteroatoms.